The number of methoxy groups -OCH3 is 2. The van der Waals surface area contributed by atoms with Crippen molar-refractivity contribution < 1.29 is 22.7 Å². The zero-order chi connectivity index (χ0) is 19.6. The molecule has 0 unspecified atom stereocenters. The van der Waals surface area contributed by atoms with Gasteiger partial charge in [0.25, 0.3) is 10.0 Å². The van der Waals surface area contributed by atoms with Gasteiger partial charge < -0.3 is 14.4 Å². The number of anilines is 1. The molecule has 1 aliphatic heterocycles. The predicted molar refractivity (Wildman–Crippen MR) is 102 cm³/mol. The van der Waals surface area contributed by atoms with E-state index in [1.807, 2.05) is 6.07 Å². The minimum absolute atomic E-state index is 0.0111. The van der Waals surface area contributed by atoms with Crippen LogP contribution in [0, 0.1) is 0 Å². The van der Waals surface area contributed by atoms with E-state index in [2.05, 4.69) is 4.72 Å². The number of carbonyl (C=O) groups is 1. The molecule has 27 heavy (non-hydrogen) atoms. The van der Waals surface area contributed by atoms with Crippen molar-refractivity contribution >= 4 is 21.6 Å². The van der Waals surface area contributed by atoms with E-state index < -0.39 is 10.0 Å². The number of nitrogens with zero attached hydrogens (tertiary/aromatic N) is 1. The molecular formula is C19H22N2O5S. The highest BCUT2D eigenvalue weighted by Crippen LogP contribution is 2.30. The molecule has 0 atom stereocenters. The Hall–Kier alpha value is -2.74. The Kier molecular flexibility index (Phi) is 5.27. The van der Waals surface area contributed by atoms with E-state index in [1.165, 1.54) is 33.3 Å². The van der Waals surface area contributed by atoms with E-state index in [0.717, 1.165) is 17.5 Å². The fourth-order valence-corrected chi connectivity index (χ4v) is 4.15. The average molecular weight is 390 g/mol. The highest BCUT2D eigenvalue weighted by molar-refractivity contribution is 7.92. The Morgan fingerprint density at radius 1 is 1.04 bits per heavy atom. The summed E-state index contributed by atoms with van der Waals surface area (Å²) >= 11 is 0. The van der Waals surface area contributed by atoms with Crippen LogP contribution in [0.15, 0.2) is 41.3 Å². The molecule has 144 valence electrons. The Balaban J connectivity index is 1.86. The molecule has 8 heteroatoms. The van der Waals surface area contributed by atoms with Crippen molar-refractivity contribution in [3.05, 3.63) is 47.5 Å². The highest BCUT2D eigenvalue weighted by Gasteiger charge is 2.21. The van der Waals surface area contributed by atoms with Gasteiger partial charge in [-0.15, -0.1) is 0 Å². The van der Waals surface area contributed by atoms with Crippen LogP contribution in [-0.4, -0.2) is 40.0 Å². The van der Waals surface area contributed by atoms with E-state index in [4.69, 9.17) is 9.47 Å². The largest absolute Gasteiger partial charge is 0.493 e. The number of sulfonamides is 1. The third-order valence-corrected chi connectivity index (χ3v) is 5.96. The summed E-state index contributed by atoms with van der Waals surface area (Å²) in [4.78, 5) is 13.4. The molecule has 0 aliphatic carbocycles. The Labute approximate surface area is 158 Å². The summed E-state index contributed by atoms with van der Waals surface area (Å²) < 4.78 is 38.4. The van der Waals surface area contributed by atoms with Gasteiger partial charge in [-0.1, -0.05) is 6.07 Å². The summed E-state index contributed by atoms with van der Waals surface area (Å²) in [5, 5.41) is 0. The average Bonchev–Trinajstić information content (AvgIpc) is 2.66. The van der Waals surface area contributed by atoms with Gasteiger partial charge in [-0.3, -0.25) is 9.52 Å². The number of hydrogen-bond acceptors (Lipinski definition) is 5. The standard InChI is InChI=1S/C19H22N2O5S/c1-13(22)21-9-8-14-4-5-16(10-15(14)12-21)20-27(23,24)17-6-7-18(25-2)19(11-17)26-3/h4-7,10-11,20H,8-9,12H2,1-3H3. The van der Waals surface area contributed by atoms with Crippen LogP contribution in [0.1, 0.15) is 18.1 Å². The maximum atomic E-state index is 12.7. The first kappa shape index (κ1) is 19.0. The van der Waals surface area contributed by atoms with Crippen LogP contribution < -0.4 is 14.2 Å². The number of nitrogens with one attached hydrogen (secondary N) is 1. The van der Waals surface area contributed by atoms with Crippen LogP contribution in [0.3, 0.4) is 0 Å². The van der Waals surface area contributed by atoms with Crippen molar-refractivity contribution in [2.45, 2.75) is 24.8 Å². The molecule has 0 aromatic heterocycles. The van der Waals surface area contributed by atoms with Gasteiger partial charge in [-0.05, 0) is 41.8 Å². The van der Waals surface area contributed by atoms with E-state index in [0.29, 0.717) is 30.3 Å². The predicted octanol–water partition coefficient (Wildman–Crippen LogP) is 2.41. The molecule has 0 saturated heterocycles. The summed E-state index contributed by atoms with van der Waals surface area (Å²) in [7, 11) is -0.855. The number of fused-ring (bicyclic) bond motifs is 1. The van der Waals surface area contributed by atoms with Gasteiger partial charge in [0.05, 0.1) is 19.1 Å². The molecule has 0 bridgehead atoms. The molecule has 0 fully saturated rings. The zero-order valence-corrected chi connectivity index (χ0v) is 16.3. The zero-order valence-electron chi connectivity index (χ0n) is 15.5. The molecule has 0 saturated carbocycles. The second kappa shape index (κ2) is 7.48. The minimum Gasteiger partial charge on any atom is -0.493 e. The number of carbonyl (C=O) groups excluding carboxylic acids is 1. The second-order valence-corrected chi connectivity index (χ2v) is 7.98. The Bertz CT molecular complexity index is 972. The first-order chi connectivity index (χ1) is 12.8. The molecule has 0 radical (unpaired) electrons. The maximum Gasteiger partial charge on any atom is 0.262 e. The van der Waals surface area contributed by atoms with E-state index in [1.54, 1.807) is 23.1 Å². The van der Waals surface area contributed by atoms with Crippen LogP contribution in [0.25, 0.3) is 0 Å². The van der Waals surface area contributed by atoms with Gasteiger partial charge in [-0.2, -0.15) is 0 Å². The smallest absolute Gasteiger partial charge is 0.262 e. The SMILES string of the molecule is COc1ccc(S(=O)(=O)Nc2ccc3c(c2)CN(C(C)=O)CC3)cc1OC. The van der Waals surface area contributed by atoms with Gasteiger partial charge in [-0.25, -0.2) is 8.42 Å². The van der Waals surface area contributed by atoms with Crippen LogP contribution in [0.5, 0.6) is 11.5 Å². The number of hydrogen-bond donors (Lipinski definition) is 1. The molecule has 7 nitrogen and oxygen atoms in total. The van der Waals surface area contributed by atoms with Crippen molar-refractivity contribution in [3.8, 4) is 11.5 Å². The van der Waals surface area contributed by atoms with E-state index in [9.17, 15) is 13.2 Å². The summed E-state index contributed by atoms with van der Waals surface area (Å²) in [5.74, 6) is 0.800. The number of ether oxygens (including phenoxy) is 2. The normalized spacial score (nSPS) is 13.7. The molecule has 1 N–H and O–H groups in total. The number of amides is 1. The van der Waals surface area contributed by atoms with Gasteiger partial charge in [0.2, 0.25) is 5.91 Å². The first-order valence-corrected chi connectivity index (χ1v) is 9.94. The molecule has 2 aromatic rings. The molecule has 1 heterocycles. The molecule has 2 aromatic carbocycles. The quantitative estimate of drug-likeness (QED) is 0.847. The Morgan fingerprint density at radius 3 is 2.44 bits per heavy atom. The third kappa shape index (κ3) is 4.00. The summed E-state index contributed by atoms with van der Waals surface area (Å²) in [5.41, 5.74) is 2.53. The van der Waals surface area contributed by atoms with Crippen LogP contribution >= 0.6 is 0 Å². The van der Waals surface area contributed by atoms with Gasteiger partial charge >= 0.3 is 0 Å². The second-order valence-electron chi connectivity index (χ2n) is 6.30. The number of benzene rings is 2. The molecular weight excluding hydrogens is 368 g/mol. The molecule has 3 rings (SSSR count). The van der Waals surface area contributed by atoms with Crippen molar-refractivity contribution in [1.29, 1.82) is 0 Å². The highest BCUT2D eigenvalue weighted by atomic mass is 32.2. The molecule has 1 aliphatic rings. The van der Waals surface area contributed by atoms with Gasteiger partial charge in [0, 0.05) is 31.8 Å². The monoisotopic (exact) mass is 390 g/mol. The topological polar surface area (TPSA) is 84.9 Å². The lowest BCUT2D eigenvalue weighted by Gasteiger charge is -2.28. The summed E-state index contributed by atoms with van der Waals surface area (Å²) in [6.07, 6.45) is 0.762. The lowest BCUT2D eigenvalue weighted by atomic mass is 9.99. The fourth-order valence-electron chi connectivity index (χ4n) is 3.09. The summed E-state index contributed by atoms with van der Waals surface area (Å²) in [6.45, 7) is 2.70. The van der Waals surface area contributed by atoms with Gasteiger partial charge in [0.1, 0.15) is 0 Å². The van der Waals surface area contributed by atoms with E-state index in [-0.39, 0.29) is 10.8 Å². The van der Waals surface area contributed by atoms with Crippen LogP contribution in [-0.2, 0) is 27.8 Å². The van der Waals surface area contributed by atoms with Crippen molar-refractivity contribution in [1.82, 2.24) is 4.90 Å². The van der Waals surface area contributed by atoms with Crippen molar-refractivity contribution in [2.75, 3.05) is 25.5 Å². The first-order valence-electron chi connectivity index (χ1n) is 8.46. The fraction of sp³-hybridized carbons (Fsp3) is 0.316. The van der Waals surface area contributed by atoms with Crippen molar-refractivity contribution in [3.63, 3.8) is 0 Å². The van der Waals surface area contributed by atoms with Crippen LogP contribution in [0.2, 0.25) is 0 Å². The lowest BCUT2D eigenvalue weighted by molar-refractivity contribution is -0.129. The maximum absolute atomic E-state index is 12.7. The minimum atomic E-state index is -3.79. The van der Waals surface area contributed by atoms with Crippen LogP contribution in [0.4, 0.5) is 5.69 Å². The lowest BCUT2D eigenvalue weighted by Crippen LogP contribution is -2.34. The molecule has 0 spiro atoms. The van der Waals surface area contributed by atoms with E-state index >= 15 is 0 Å². The Morgan fingerprint density at radius 2 is 1.78 bits per heavy atom. The third-order valence-electron chi connectivity index (χ3n) is 4.58. The van der Waals surface area contributed by atoms with Crippen molar-refractivity contribution in [2.24, 2.45) is 0 Å². The summed E-state index contributed by atoms with van der Waals surface area (Å²) in [6, 6.07) is 9.84. The molecule has 1 amide bonds. The number of rotatable bonds is 5. The van der Waals surface area contributed by atoms with Gasteiger partial charge in [0.15, 0.2) is 11.5 Å².